The summed E-state index contributed by atoms with van der Waals surface area (Å²) in [5, 5.41) is 14.8. The second kappa shape index (κ2) is 5.80. The van der Waals surface area contributed by atoms with Crippen LogP contribution in [0, 0.1) is 25.2 Å². The van der Waals surface area contributed by atoms with E-state index in [0.29, 0.717) is 22.9 Å². The number of fused-ring (bicyclic) bond motifs is 1. The molecular weight excluding hydrogens is 312 g/mol. The molecule has 0 fully saturated rings. The van der Waals surface area contributed by atoms with E-state index in [1.54, 1.807) is 17.8 Å². The number of hydrogen-bond acceptors (Lipinski definition) is 5. The minimum absolute atomic E-state index is 0.314. The van der Waals surface area contributed by atoms with Gasteiger partial charge in [0, 0.05) is 23.3 Å². The Morgan fingerprint density at radius 1 is 1.08 bits per heavy atom. The minimum Gasteiger partial charge on any atom is -0.256 e. The molecule has 0 saturated heterocycles. The third kappa shape index (κ3) is 2.62. The predicted molar refractivity (Wildman–Crippen MR) is 94.1 cm³/mol. The highest BCUT2D eigenvalue weighted by Gasteiger charge is 2.16. The zero-order valence-corrected chi connectivity index (χ0v) is 13.8. The molecule has 0 atom stereocenters. The predicted octanol–water partition coefficient (Wildman–Crippen LogP) is 3.37. The van der Waals surface area contributed by atoms with Crippen LogP contribution in [0.2, 0.25) is 0 Å². The normalized spacial score (nSPS) is 10.8. The van der Waals surface area contributed by atoms with Gasteiger partial charge in [0.2, 0.25) is 0 Å². The van der Waals surface area contributed by atoms with Crippen molar-refractivity contribution >= 4 is 10.9 Å². The van der Waals surface area contributed by atoms with E-state index in [9.17, 15) is 5.26 Å². The Bertz CT molecular complexity index is 1140. The monoisotopic (exact) mass is 326 g/mol. The largest absolute Gasteiger partial charge is 0.256 e. The van der Waals surface area contributed by atoms with Crippen molar-refractivity contribution in [3.05, 3.63) is 65.9 Å². The van der Waals surface area contributed by atoms with Gasteiger partial charge in [-0.1, -0.05) is 12.1 Å². The van der Waals surface area contributed by atoms with Crippen molar-refractivity contribution in [1.29, 1.82) is 5.26 Å². The van der Waals surface area contributed by atoms with Gasteiger partial charge in [0.05, 0.1) is 16.9 Å². The molecule has 0 radical (unpaired) electrons. The SMILES string of the molecule is Cc1ccn(-c2nc(C)c(C#N)nc2-c2ccc3ncccc3c2)n1. The van der Waals surface area contributed by atoms with Gasteiger partial charge in [-0.05, 0) is 38.1 Å². The highest BCUT2D eigenvalue weighted by atomic mass is 15.3. The molecule has 4 rings (SSSR count). The van der Waals surface area contributed by atoms with Gasteiger partial charge in [0.1, 0.15) is 11.8 Å². The molecule has 120 valence electrons. The Morgan fingerprint density at radius 2 is 1.96 bits per heavy atom. The van der Waals surface area contributed by atoms with Crippen molar-refractivity contribution in [2.45, 2.75) is 13.8 Å². The Kier molecular flexibility index (Phi) is 3.47. The molecule has 3 heterocycles. The fourth-order valence-electron chi connectivity index (χ4n) is 2.72. The first-order valence-electron chi connectivity index (χ1n) is 7.82. The van der Waals surface area contributed by atoms with E-state index in [4.69, 9.17) is 0 Å². The quantitative estimate of drug-likeness (QED) is 0.564. The molecule has 0 bridgehead atoms. The summed E-state index contributed by atoms with van der Waals surface area (Å²) in [6.07, 6.45) is 3.61. The van der Waals surface area contributed by atoms with E-state index in [2.05, 4.69) is 26.1 Å². The van der Waals surface area contributed by atoms with Crippen molar-refractivity contribution in [2.24, 2.45) is 0 Å². The lowest BCUT2D eigenvalue weighted by atomic mass is 10.1. The molecular formula is C19H14N6. The highest BCUT2D eigenvalue weighted by molar-refractivity contribution is 5.84. The van der Waals surface area contributed by atoms with Gasteiger partial charge in [-0.25, -0.2) is 14.6 Å². The van der Waals surface area contributed by atoms with Crippen LogP contribution in [0.4, 0.5) is 0 Å². The molecule has 0 aliphatic heterocycles. The Labute approximate surface area is 144 Å². The summed E-state index contributed by atoms with van der Waals surface area (Å²) in [4.78, 5) is 13.5. The van der Waals surface area contributed by atoms with Gasteiger partial charge in [0.25, 0.3) is 0 Å². The van der Waals surface area contributed by atoms with Crippen LogP contribution in [0.25, 0.3) is 28.0 Å². The van der Waals surface area contributed by atoms with Crippen LogP contribution in [0.3, 0.4) is 0 Å². The van der Waals surface area contributed by atoms with Crippen molar-refractivity contribution in [1.82, 2.24) is 24.7 Å². The molecule has 0 unspecified atom stereocenters. The smallest absolute Gasteiger partial charge is 0.180 e. The Morgan fingerprint density at radius 3 is 2.72 bits per heavy atom. The Hall–Kier alpha value is -3.59. The maximum absolute atomic E-state index is 9.34. The fraction of sp³-hybridized carbons (Fsp3) is 0.105. The molecule has 0 amide bonds. The lowest BCUT2D eigenvalue weighted by Gasteiger charge is -2.11. The van der Waals surface area contributed by atoms with Crippen LogP contribution in [0.5, 0.6) is 0 Å². The van der Waals surface area contributed by atoms with E-state index in [1.165, 1.54) is 0 Å². The van der Waals surface area contributed by atoms with Crippen molar-refractivity contribution in [2.75, 3.05) is 0 Å². The molecule has 0 saturated carbocycles. The van der Waals surface area contributed by atoms with Crippen LogP contribution in [-0.2, 0) is 0 Å². The van der Waals surface area contributed by atoms with Gasteiger partial charge < -0.3 is 0 Å². The second-order valence-electron chi connectivity index (χ2n) is 5.75. The summed E-state index contributed by atoms with van der Waals surface area (Å²) in [5.41, 5.74) is 4.18. The zero-order valence-electron chi connectivity index (χ0n) is 13.8. The maximum Gasteiger partial charge on any atom is 0.180 e. The second-order valence-corrected chi connectivity index (χ2v) is 5.75. The van der Waals surface area contributed by atoms with E-state index < -0.39 is 0 Å². The number of aromatic nitrogens is 5. The highest BCUT2D eigenvalue weighted by Crippen LogP contribution is 2.27. The molecule has 25 heavy (non-hydrogen) atoms. The van der Waals surface area contributed by atoms with Crippen molar-refractivity contribution in [3.63, 3.8) is 0 Å². The van der Waals surface area contributed by atoms with Gasteiger partial charge in [0.15, 0.2) is 11.5 Å². The lowest BCUT2D eigenvalue weighted by molar-refractivity contribution is 0.819. The molecule has 6 heteroatoms. The maximum atomic E-state index is 9.34. The molecule has 4 aromatic rings. The molecule has 6 nitrogen and oxygen atoms in total. The first-order chi connectivity index (χ1) is 12.2. The summed E-state index contributed by atoms with van der Waals surface area (Å²) >= 11 is 0. The number of pyridine rings is 1. The summed E-state index contributed by atoms with van der Waals surface area (Å²) in [7, 11) is 0. The number of rotatable bonds is 2. The van der Waals surface area contributed by atoms with Crippen molar-refractivity contribution in [3.8, 4) is 23.1 Å². The fourth-order valence-corrected chi connectivity index (χ4v) is 2.72. The van der Waals surface area contributed by atoms with Crippen LogP contribution in [0.15, 0.2) is 48.8 Å². The molecule has 0 aliphatic rings. The number of nitriles is 1. The molecule has 3 aromatic heterocycles. The summed E-state index contributed by atoms with van der Waals surface area (Å²) in [6.45, 7) is 3.70. The topological polar surface area (TPSA) is 80.3 Å². The standard InChI is InChI=1S/C19H14N6/c1-12-7-9-25(24-12)19-18(23-17(11-20)13(2)22-19)15-5-6-16-14(10-15)4-3-8-21-16/h3-10H,1-2H3. The van der Waals surface area contributed by atoms with E-state index >= 15 is 0 Å². The third-order valence-corrected chi connectivity index (χ3v) is 3.97. The summed E-state index contributed by atoms with van der Waals surface area (Å²) in [6, 6.07) is 13.8. The number of aryl methyl sites for hydroxylation is 2. The van der Waals surface area contributed by atoms with Crippen LogP contribution >= 0.6 is 0 Å². The average molecular weight is 326 g/mol. The number of hydrogen-bond donors (Lipinski definition) is 0. The lowest BCUT2D eigenvalue weighted by Crippen LogP contribution is -2.07. The Balaban J connectivity index is 1.99. The van der Waals surface area contributed by atoms with Gasteiger partial charge >= 0.3 is 0 Å². The first-order valence-corrected chi connectivity index (χ1v) is 7.82. The van der Waals surface area contributed by atoms with Gasteiger partial charge in [-0.2, -0.15) is 10.4 Å². The third-order valence-electron chi connectivity index (χ3n) is 3.97. The average Bonchev–Trinajstić information content (AvgIpc) is 3.07. The van der Waals surface area contributed by atoms with E-state index in [0.717, 1.165) is 22.2 Å². The van der Waals surface area contributed by atoms with E-state index in [-0.39, 0.29) is 0 Å². The van der Waals surface area contributed by atoms with E-state index in [1.807, 2.05) is 49.5 Å². The van der Waals surface area contributed by atoms with Gasteiger partial charge in [-0.15, -0.1) is 0 Å². The minimum atomic E-state index is 0.314. The molecule has 1 aromatic carbocycles. The zero-order chi connectivity index (χ0) is 17.4. The summed E-state index contributed by atoms with van der Waals surface area (Å²) in [5.74, 6) is 0.604. The van der Waals surface area contributed by atoms with Crippen LogP contribution in [-0.4, -0.2) is 24.7 Å². The molecule has 0 aliphatic carbocycles. The summed E-state index contributed by atoms with van der Waals surface area (Å²) < 4.78 is 1.69. The first kappa shape index (κ1) is 15.0. The van der Waals surface area contributed by atoms with Crippen LogP contribution < -0.4 is 0 Å². The van der Waals surface area contributed by atoms with Crippen molar-refractivity contribution < 1.29 is 0 Å². The number of nitrogens with zero attached hydrogens (tertiary/aromatic N) is 6. The number of benzene rings is 1. The molecule has 0 spiro atoms. The van der Waals surface area contributed by atoms with Gasteiger partial charge in [-0.3, -0.25) is 4.98 Å². The van der Waals surface area contributed by atoms with Crippen LogP contribution in [0.1, 0.15) is 17.1 Å². The molecule has 0 N–H and O–H groups in total.